The number of carbonyl (C=O) groups excluding carboxylic acids is 1. The molecule has 1 aliphatic heterocycles. The normalized spacial score (nSPS) is 25.2. The molecule has 5 N–H and O–H groups in total. The average Bonchev–Trinajstić information content (AvgIpc) is 2.94. The van der Waals surface area contributed by atoms with E-state index in [9.17, 15) is 19.5 Å². The Morgan fingerprint density at radius 2 is 2.04 bits per heavy atom. The molecule has 2 heterocycles. The second kappa shape index (κ2) is 7.24. The van der Waals surface area contributed by atoms with E-state index in [-0.39, 0.29) is 0 Å². The van der Waals surface area contributed by atoms with Gasteiger partial charge in [0.1, 0.15) is 6.10 Å². The van der Waals surface area contributed by atoms with E-state index in [4.69, 9.17) is 9.47 Å². The highest BCUT2D eigenvalue weighted by Crippen LogP contribution is 2.28. The number of aromatic nitrogens is 2. The molecule has 0 bridgehead atoms. The van der Waals surface area contributed by atoms with Crippen LogP contribution in [0.2, 0.25) is 0 Å². The summed E-state index contributed by atoms with van der Waals surface area (Å²) in [5.41, 5.74) is 3.48. The summed E-state index contributed by atoms with van der Waals surface area (Å²) in [4.78, 5) is 38.1. The van der Waals surface area contributed by atoms with Gasteiger partial charge in [0.05, 0.1) is 12.2 Å². The van der Waals surface area contributed by atoms with Crippen molar-refractivity contribution in [1.82, 2.24) is 9.55 Å². The Balaban J connectivity index is 1.87. The molecule has 0 spiro atoms. The predicted molar refractivity (Wildman–Crippen MR) is 89.4 cm³/mol. The van der Waals surface area contributed by atoms with Gasteiger partial charge >= 0.3 is 11.7 Å². The molecule has 1 aliphatic rings. The van der Waals surface area contributed by atoms with Crippen LogP contribution in [0.4, 0.5) is 0 Å². The molecule has 0 amide bonds. The molecule has 0 saturated carbocycles. The van der Waals surface area contributed by atoms with Crippen molar-refractivity contribution >= 4 is 5.97 Å². The molecule has 0 aliphatic carbocycles. The lowest BCUT2D eigenvalue weighted by Crippen LogP contribution is -2.69. The third-order valence-electron chi connectivity index (χ3n) is 4.32. The van der Waals surface area contributed by atoms with Gasteiger partial charge in [-0.25, -0.2) is 9.59 Å². The maximum Gasteiger partial charge on any atom is 0.338 e. The summed E-state index contributed by atoms with van der Waals surface area (Å²) in [7, 11) is 0. The number of rotatable bonds is 4. The third-order valence-corrected chi connectivity index (χ3v) is 4.32. The van der Waals surface area contributed by atoms with Crippen LogP contribution in [0.3, 0.4) is 0 Å². The van der Waals surface area contributed by atoms with Gasteiger partial charge in [-0.05, 0) is 19.1 Å². The van der Waals surface area contributed by atoms with Crippen molar-refractivity contribution in [3.05, 3.63) is 68.5 Å². The maximum absolute atomic E-state index is 12.3. The number of quaternary nitrogens is 1. The minimum atomic E-state index is -0.885. The van der Waals surface area contributed by atoms with E-state index in [1.165, 1.54) is 10.8 Å². The summed E-state index contributed by atoms with van der Waals surface area (Å²) >= 11 is 0. The molecule has 4 atom stereocenters. The number of hydrogen-bond donors (Lipinski definition) is 3. The van der Waals surface area contributed by atoms with Gasteiger partial charge < -0.3 is 20.3 Å². The quantitative estimate of drug-likeness (QED) is 0.570. The highest BCUT2D eigenvalue weighted by Gasteiger charge is 2.49. The van der Waals surface area contributed by atoms with Crippen molar-refractivity contribution in [2.24, 2.45) is 0 Å². The van der Waals surface area contributed by atoms with E-state index in [1.54, 1.807) is 37.3 Å². The number of aliphatic hydroxyl groups is 1. The summed E-state index contributed by atoms with van der Waals surface area (Å²) in [5.74, 6) is -0.572. The van der Waals surface area contributed by atoms with Gasteiger partial charge in [0.25, 0.3) is 5.56 Å². The van der Waals surface area contributed by atoms with Gasteiger partial charge in [0, 0.05) is 11.8 Å². The van der Waals surface area contributed by atoms with Crippen LogP contribution in [0.15, 0.2) is 46.1 Å². The molecule has 2 aromatic rings. The largest absolute Gasteiger partial charge is 0.449 e. The van der Waals surface area contributed by atoms with Gasteiger partial charge in [-0.1, -0.05) is 18.2 Å². The van der Waals surface area contributed by atoms with E-state index < -0.39 is 48.3 Å². The van der Waals surface area contributed by atoms with Crippen molar-refractivity contribution in [3.63, 3.8) is 0 Å². The lowest BCUT2D eigenvalue weighted by atomic mass is 10.1. The summed E-state index contributed by atoms with van der Waals surface area (Å²) in [6.07, 6.45) is -1.21. The Kier molecular flexibility index (Phi) is 5.03. The fraction of sp³-hybridized carbons (Fsp3) is 0.353. The van der Waals surface area contributed by atoms with E-state index in [2.05, 4.69) is 10.7 Å². The van der Waals surface area contributed by atoms with Crippen LogP contribution < -0.4 is 17.0 Å². The van der Waals surface area contributed by atoms with Crippen molar-refractivity contribution in [3.8, 4) is 0 Å². The molecule has 9 heteroatoms. The average molecular weight is 362 g/mol. The number of hydrogen-bond acceptors (Lipinski definition) is 6. The minimum absolute atomic E-state index is 0.325. The highest BCUT2D eigenvalue weighted by molar-refractivity contribution is 5.89. The van der Waals surface area contributed by atoms with E-state index >= 15 is 0 Å². The summed E-state index contributed by atoms with van der Waals surface area (Å²) in [6.45, 7) is 1.14. The Hall–Kier alpha value is -2.75. The second-order valence-electron chi connectivity index (χ2n) is 6.13. The van der Waals surface area contributed by atoms with Crippen LogP contribution in [0, 0.1) is 6.92 Å². The van der Waals surface area contributed by atoms with Crippen molar-refractivity contribution < 1.29 is 25.1 Å². The zero-order chi connectivity index (χ0) is 18.8. The first-order valence-electron chi connectivity index (χ1n) is 8.10. The molecule has 138 valence electrons. The summed E-state index contributed by atoms with van der Waals surface area (Å²) in [5, 5.41) is 9.58. The van der Waals surface area contributed by atoms with Crippen LogP contribution in [0.1, 0.15) is 22.1 Å². The molecule has 1 saturated heterocycles. The fourth-order valence-corrected chi connectivity index (χ4v) is 2.92. The van der Waals surface area contributed by atoms with E-state index in [0.29, 0.717) is 11.1 Å². The molecule has 9 nitrogen and oxygen atoms in total. The van der Waals surface area contributed by atoms with Gasteiger partial charge in [-0.3, -0.25) is 14.3 Å². The molecule has 0 radical (unpaired) electrons. The Morgan fingerprint density at radius 3 is 2.69 bits per heavy atom. The summed E-state index contributed by atoms with van der Waals surface area (Å²) in [6, 6.07) is 7.74. The predicted octanol–water partition coefficient (Wildman–Crippen LogP) is -1.43. The highest BCUT2D eigenvalue weighted by atomic mass is 16.6. The molecule has 3 rings (SSSR count). The monoisotopic (exact) mass is 362 g/mol. The molecule has 26 heavy (non-hydrogen) atoms. The smallest absolute Gasteiger partial charge is 0.338 e. The number of nitrogens with zero attached hydrogens (tertiary/aromatic N) is 1. The molecular weight excluding hydrogens is 342 g/mol. The van der Waals surface area contributed by atoms with Crippen LogP contribution in [0.5, 0.6) is 0 Å². The van der Waals surface area contributed by atoms with Gasteiger partial charge in [-0.15, -0.1) is 0 Å². The van der Waals surface area contributed by atoms with Crippen LogP contribution in [-0.2, 0) is 9.47 Å². The third kappa shape index (κ3) is 3.32. The van der Waals surface area contributed by atoms with Crippen molar-refractivity contribution in [1.29, 1.82) is 0 Å². The number of aryl methyl sites for hydroxylation is 1. The number of aromatic amines is 1. The Bertz CT molecular complexity index is 907. The number of nitrogens with one attached hydrogen (secondary N) is 1. The topological polar surface area (TPSA) is 138 Å². The standard InChI is InChI=1S/C17H19N3O6/c1-9-7-20(17(24)19-14(9)22)15-12(18)13(11(8-21)25-15)26-16(23)10-5-3-2-4-6-10/h2-7,11-13,15,21H,8,18H2,1H3,(H,19,22,24)/p+1/t11-,12-,13+,15-/m1/s1. The SMILES string of the molecule is Cc1cn([C@@H]2O[C@H](CO)[C@H](OC(=O)c3ccccc3)[C@H]2[NH3+])c(=O)[nH]c1=O. The summed E-state index contributed by atoms with van der Waals surface area (Å²) < 4.78 is 12.4. The molecule has 1 aromatic heterocycles. The Labute approximate surface area is 148 Å². The molecule has 1 fully saturated rings. The first kappa shape index (κ1) is 18.1. The number of carbonyl (C=O) groups is 1. The fourth-order valence-electron chi connectivity index (χ4n) is 2.92. The lowest BCUT2D eigenvalue weighted by molar-refractivity contribution is -0.446. The van der Waals surface area contributed by atoms with Crippen LogP contribution in [0.25, 0.3) is 0 Å². The number of esters is 1. The van der Waals surface area contributed by atoms with Crippen LogP contribution in [-0.4, -0.2) is 45.5 Å². The number of ether oxygens (including phenoxy) is 2. The number of aliphatic hydroxyl groups excluding tert-OH is 1. The van der Waals surface area contributed by atoms with Crippen LogP contribution >= 0.6 is 0 Å². The lowest BCUT2D eigenvalue weighted by Gasteiger charge is -2.18. The number of H-pyrrole nitrogens is 1. The van der Waals surface area contributed by atoms with Gasteiger partial charge in [0.2, 0.25) is 0 Å². The van der Waals surface area contributed by atoms with E-state index in [1.807, 2.05) is 0 Å². The van der Waals surface area contributed by atoms with Crippen molar-refractivity contribution in [2.45, 2.75) is 31.4 Å². The van der Waals surface area contributed by atoms with Crippen molar-refractivity contribution in [2.75, 3.05) is 6.61 Å². The first-order valence-corrected chi connectivity index (χ1v) is 8.10. The molecular formula is C17H20N3O6+. The maximum atomic E-state index is 12.3. The van der Waals surface area contributed by atoms with E-state index in [0.717, 1.165) is 0 Å². The zero-order valence-corrected chi connectivity index (χ0v) is 14.1. The van der Waals surface area contributed by atoms with Gasteiger partial charge in [0.15, 0.2) is 18.4 Å². The molecule has 1 aromatic carbocycles. The second-order valence-corrected chi connectivity index (χ2v) is 6.13. The zero-order valence-electron chi connectivity index (χ0n) is 14.1. The first-order chi connectivity index (χ1) is 12.4. The molecule has 0 unspecified atom stereocenters. The minimum Gasteiger partial charge on any atom is -0.449 e. The van der Waals surface area contributed by atoms with Gasteiger partial charge in [-0.2, -0.15) is 0 Å². The Morgan fingerprint density at radius 1 is 1.35 bits per heavy atom. The number of benzene rings is 1.